The van der Waals surface area contributed by atoms with Crippen LogP contribution in [0.2, 0.25) is 0 Å². The lowest BCUT2D eigenvalue weighted by Gasteiger charge is -2.32. The van der Waals surface area contributed by atoms with E-state index in [1.165, 1.54) is 11.2 Å². The predicted octanol–water partition coefficient (Wildman–Crippen LogP) is -0.943. The van der Waals surface area contributed by atoms with Gasteiger partial charge in [-0.25, -0.2) is 0 Å². The van der Waals surface area contributed by atoms with Crippen molar-refractivity contribution in [3.63, 3.8) is 0 Å². The Bertz CT molecular complexity index is 1480. The van der Waals surface area contributed by atoms with E-state index in [1.807, 2.05) is 0 Å². The number of piperidine rings is 1. The molecule has 4 rings (SSSR count). The largest absolute Gasteiger partial charge is 0.469 e. The summed E-state index contributed by atoms with van der Waals surface area (Å²) in [5, 5.41) is 13.9. The van der Waals surface area contributed by atoms with Gasteiger partial charge in [0.25, 0.3) is 0 Å². The molecule has 2 aliphatic heterocycles. The lowest BCUT2D eigenvalue weighted by molar-refractivity contribution is -0.135. The number of carbonyl (C=O) groups excluding carboxylic acids is 6. The van der Waals surface area contributed by atoms with Gasteiger partial charge in [-0.05, 0) is 42.5 Å². The average Bonchev–Trinajstić information content (AvgIpc) is 3.62. The number of nitrogens with two attached hydrogens (primary N) is 1. The molecule has 0 aliphatic carbocycles. The van der Waals surface area contributed by atoms with Gasteiger partial charge in [0.1, 0.15) is 17.8 Å². The molecule has 0 saturated carbocycles. The third-order valence-electron chi connectivity index (χ3n) is 8.21. The minimum absolute atomic E-state index is 0.0349. The van der Waals surface area contributed by atoms with Gasteiger partial charge < -0.3 is 46.4 Å². The Morgan fingerprint density at radius 2 is 1.78 bits per heavy atom. The molecule has 15 nitrogen and oxygen atoms in total. The van der Waals surface area contributed by atoms with Gasteiger partial charge in [-0.1, -0.05) is 24.3 Å². The minimum Gasteiger partial charge on any atom is -0.469 e. The fourth-order valence-corrected chi connectivity index (χ4v) is 5.62. The molecular weight excluding hydrogens is 634 g/mol. The van der Waals surface area contributed by atoms with Crippen LogP contribution in [0.4, 0.5) is 0 Å². The summed E-state index contributed by atoms with van der Waals surface area (Å²) in [6.07, 6.45) is 4.91. The van der Waals surface area contributed by atoms with Crippen molar-refractivity contribution < 1.29 is 37.9 Å². The number of hydrogen-bond acceptors (Lipinski definition) is 9. The molecule has 0 unspecified atom stereocenters. The van der Waals surface area contributed by atoms with E-state index in [4.69, 9.17) is 14.9 Å². The topological polar surface area (TPSA) is 214 Å². The molecular formula is C34H45N7O8. The first-order valence-corrected chi connectivity index (χ1v) is 16.5. The summed E-state index contributed by atoms with van der Waals surface area (Å²) in [5.41, 5.74) is 6.74. The van der Waals surface area contributed by atoms with E-state index in [2.05, 4.69) is 26.6 Å². The summed E-state index contributed by atoms with van der Waals surface area (Å²) in [5.74, 6) is -2.75. The molecule has 264 valence electrons. The zero-order valence-electron chi connectivity index (χ0n) is 27.4. The van der Waals surface area contributed by atoms with Gasteiger partial charge in [-0.15, -0.1) is 0 Å². The van der Waals surface area contributed by atoms with Crippen LogP contribution in [0.15, 0.2) is 59.2 Å². The minimum atomic E-state index is -0.978. The third-order valence-corrected chi connectivity index (χ3v) is 8.21. The van der Waals surface area contributed by atoms with Crippen molar-refractivity contribution in [2.45, 2.75) is 50.7 Å². The van der Waals surface area contributed by atoms with E-state index in [9.17, 15) is 28.8 Å². The maximum absolute atomic E-state index is 13.5. The Balaban J connectivity index is 1.54. The van der Waals surface area contributed by atoms with Crippen LogP contribution in [-0.4, -0.2) is 98.4 Å². The number of rotatable bonds is 8. The zero-order chi connectivity index (χ0) is 35.0. The summed E-state index contributed by atoms with van der Waals surface area (Å²) in [6.45, 7) is 1.78. The fraction of sp³-hybridized carbons (Fsp3) is 0.471. The number of fused-ring (bicyclic) bond motifs is 3. The number of ether oxygens (including phenoxy) is 1. The number of nitrogens with one attached hydrogen (secondary N) is 5. The molecule has 49 heavy (non-hydrogen) atoms. The molecule has 2 aromatic rings. The number of carbonyl (C=O) groups is 6. The summed E-state index contributed by atoms with van der Waals surface area (Å²) in [7, 11) is 0. The maximum atomic E-state index is 13.5. The van der Waals surface area contributed by atoms with Crippen molar-refractivity contribution in [2.24, 2.45) is 11.7 Å². The van der Waals surface area contributed by atoms with E-state index in [0.29, 0.717) is 49.4 Å². The first-order chi connectivity index (χ1) is 23.7. The Hall–Kier alpha value is -5.02. The van der Waals surface area contributed by atoms with Crippen molar-refractivity contribution in [3.05, 3.63) is 71.7 Å². The van der Waals surface area contributed by atoms with Crippen LogP contribution in [0.1, 0.15) is 36.1 Å². The van der Waals surface area contributed by atoms with Crippen LogP contribution < -0.4 is 32.3 Å². The van der Waals surface area contributed by atoms with Gasteiger partial charge in [0.05, 0.1) is 31.8 Å². The quantitative estimate of drug-likeness (QED) is 0.190. The normalized spacial score (nSPS) is 22.3. The van der Waals surface area contributed by atoms with E-state index in [0.717, 1.165) is 12.2 Å². The van der Waals surface area contributed by atoms with E-state index in [-0.39, 0.29) is 58.0 Å². The molecule has 1 saturated heterocycles. The number of hydrogen-bond donors (Lipinski definition) is 6. The summed E-state index contributed by atoms with van der Waals surface area (Å²) in [4.78, 5) is 80.2. The molecule has 6 amide bonds. The molecule has 3 heterocycles. The van der Waals surface area contributed by atoms with Crippen molar-refractivity contribution in [1.82, 2.24) is 31.5 Å². The van der Waals surface area contributed by atoms with Crippen LogP contribution >= 0.6 is 0 Å². The SMILES string of the molecule is NCCOCCNC(=O)[C@@H]1CCNC(=O)/C=C/C(=O)N2CCC[C@H](C2)C(=O)N[C@H](Cc2ccco2)C(=O)NCc2ccccc2CC(=O)N1. The van der Waals surface area contributed by atoms with Gasteiger partial charge >= 0.3 is 0 Å². The lowest BCUT2D eigenvalue weighted by atomic mass is 9.96. The molecule has 0 spiro atoms. The van der Waals surface area contributed by atoms with Crippen molar-refractivity contribution in [3.8, 4) is 0 Å². The molecule has 3 atom stereocenters. The molecule has 2 aliphatic rings. The maximum Gasteiger partial charge on any atom is 0.246 e. The second-order valence-corrected chi connectivity index (χ2v) is 11.9. The third kappa shape index (κ3) is 11.9. The lowest BCUT2D eigenvalue weighted by Crippen LogP contribution is -2.52. The average molecular weight is 680 g/mol. The highest BCUT2D eigenvalue weighted by Crippen LogP contribution is 2.18. The first kappa shape index (κ1) is 36.8. The Kier molecular flexibility index (Phi) is 14.3. The molecule has 1 aromatic heterocycles. The summed E-state index contributed by atoms with van der Waals surface area (Å²) >= 11 is 0. The zero-order valence-corrected chi connectivity index (χ0v) is 27.4. The van der Waals surface area contributed by atoms with Gasteiger partial charge in [0.15, 0.2) is 0 Å². The number of amides is 6. The van der Waals surface area contributed by atoms with Crippen LogP contribution in [0.5, 0.6) is 0 Å². The molecule has 0 radical (unpaired) electrons. The molecule has 7 N–H and O–H groups in total. The highest BCUT2D eigenvalue weighted by atomic mass is 16.5. The van der Waals surface area contributed by atoms with Gasteiger partial charge in [-0.2, -0.15) is 0 Å². The Morgan fingerprint density at radius 3 is 2.55 bits per heavy atom. The Morgan fingerprint density at radius 1 is 0.959 bits per heavy atom. The van der Waals surface area contributed by atoms with Gasteiger partial charge in [-0.3, -0.25) is 28.8 Å². The highest BCUT2D eigenvalue weighted by molar-refractivity contribution is 5.97. The van der Waals surface area contributed by atoms with Crippen LogP contribution in [0.25, 0.3) is 0 Å². The molecule has 1 fully saturated rings. The van der Waals surface area contributed by atoms with Crippen LogP contribution in [-0.2, 0) is 52.9 Å². The predicted molar refractivity (Wildman–Crippen MR) is 177 cm³/mol. The monoisotopic (exact) mass is 679 g/mol. The number of furan rings is 1. The van der Waals surface area contributed by atoms with E-state index in [1.54, 1.807) is 36.4 Å². The van der Waals surface area contributed by atoms with Gasteiger partial charge in [0.2, 0.25) is 35.4 Å². The molecule has 1 aromatic carbocycles. The second-order valence-electron chi connectivity index (χ2n) is 11.9. The van der Waals surface area contributed by atoms with Gasteiger partial charge in [0, 0.05) is 57.8 Å². The standard InChI is InChI=1S/C34H45N7O8/c35-12-17-48-18-14-37-33(46)27-11-13-36-29(42)9-10-31(44)41-15-3-7-25(22-41)32(45)40-28(20-26-8-4-16-49-26)34(47)38-21-24-6-2-1-5-23(24)19-30(43)39-27/h1-2,4-6,8-10,16,25,27-28H,3,7,11-15,17-22,35H2,(H,36,42)(H,37,46)(H,38,47)(H,39,43)(H,40,45)/b10-9+/t25-,27+,28-/m1/s1. The fourth-order valence-electron chi connectivity index (χ4n) is 5.62. The second kappa shape index (κ2) is 19.1. The highest BCUT2D eigenvalue weighted by Gasteiger charge is 2.31. The van der Waals surface area contributed by atoms with Crippen LogP contribution in [0.3, 0.4) is 0 Å². The molecule has 15 heteroatoms. The number of benzene rings is 1. The van der Waals surface area contributed by atoms with Crippen molar-refractivity contribution >= 4 is 35.4 Å². The number of nitrogens with zero attached hydrogens (tertiary/aromatic N) is 1. The van der Waals surface area contributed by atoms with E-state index < -0.39 is 47.5 Å². The Labute approximate surface area is 284 Å². The van der Waals surface area contributed by atoms with Crippen LogP contribution in [0, 0.1) is 5.92 Å². The molecule has 2 bridgehead atoms. The first-order valence-electron chi connectivity index (χ1n) is 16.5. The van der Waals surface area contributed by atoms with Crippen molar-refractivity contribution in [2.75, 3.05) is 45.9 Å². The summed E-state index contributed by atoms with van der Waals surface area (Å²) < 4.78 is 10.8. The smallest absolute Gasteiger partial charge is 0.246 e. The van der Waals surface area contributed by atoms with Crippen molar-refractivity contribution in [1.29, 1.82) is 0 Å². The summed E-state index contributed by atoms with van der Waals surface area (Å²) in [6, 6.07) is 8.54. The van der Waals surface area contributed by atoms with E-state index >= 15 is 0 Å².